The summed E-state index contributed by atoms with van der Waals surface area (Å²) in [5.41, 5.74) is -0.118. The van der Waals surface area contributed by atoms with Crippen molar-refractivity contribution < 1.29 is 19.1 Å². The minimum absolute atomic E-state index is 0.0850. The largest absolute Gasteiger partial charge is 0.475 e. The number of hydrogen-bond acceptors (Lipinski definition) is 4. The minimum Gasteiger partial charge on any atom is -0.475 e. The summed E-state index contributed by atoms with van der Waals surface area (Å²) in [5.74, 6) is -1.20. The van der Waals surface area contributed by atoms with Gasteiger partial charge in [0.15, 0.2) is 4.60 Å². The van der Waals surface area contributed by atoms with Crippen LogP contribution in [0.5, 0.6) is 0 Å². The molecule has 7 heteroatoms. The summed E-state index contributed by atoms with van der Waals surface area (Å²) < 4.78 is 4.45. The number of aromatic carboxylic acids is 1. The molecule has 0 spiro atoms. The molecule has 0 bridgehead atoms. The lowest BCUT2D eigenvalue weighted by Crippen LogP contribution is -2.22. The first kappa shape index (κ1) is 9.46. The number of likely N-dealkylation sites (N-methyl/N-ethyl adjacent to an activating group) is 1. The predicted molar refractivity (Wildman–Crippen MR) is 41.0 cm³/mol. The molecular weight excluding hydrogens is 178 g/mol. The van der Waals surface area contributed by atoms with E-state index in [0.29, 0.717) is 13.0 Å². The van der Waals surface area contributed by atoms with Crippen LogP contribution in [0.1, 0.15) is 16.2 Å². The van der Waals surface area contributed by atoms with Gasteiger partial charge in [0.05, 0.1) is 0 Å². The van der Waals surface area contributed by atoms with Crippen molar-refractivity contribution in [2.45, 2.75) is 6.42 Å². The van der Waals surface area contributed by atoms with E-state index in [2.05, 4.69) is 9.95 Å². The van der Waals surface area contributed by atoms with Crippen LogP contribution in [0.2, 0.25) is 0 Å². The molecule has 0 aliphatic carbocycles. The molecule has 0 fully saturated rings. The Morgan fingerprint density at radius 3 is 3.00 bits per heavy atom. The van der Waals surface area contributed by atoms with Crippen molar-refractivity contribution in [2.24, 2.45) is 0 Å². The van der Waals surface area contributed by atoms with E-state index >= 15 is 0 Å². The van der Waals surface area contributed by atoms with Crippen LogP contribution in [0.4, 0.5) is 0 Å². The lowest BCUT2D eigenvalue weighted by molar-refractivity contribution is -0.719. The normalized spacial score (nSPS) is 10.2. The molecule has 0 saturated heterocycles. The van der Waals surface area contributed by atoms with Crippen LogP contribution < -0.4 is 9.92 Å². The fourth-order valence-corrected chi connectivity index (χ4v) is 0.919. The van der Waals surface area contributed by atoms with Gasteiger partial charge in [-0.05, 0) is 12.0 Å². The maximum Gasteiger partial charge on any atom is 0.384 e. The molecule has 0 saturated carbocycles. The maximum absolute atomic E-state index is 10.9. The lowest BCUT2D eigenvalue weighted by Gasteiger charge is -1.90. The second-order valence-electron chi connectivity index (χ2n) is 2.43. The van der Waals surface area contributed by atoms with E-state index in [1.54, 1.807) is 7.05 Å². The number of H-pyrrole nitrogens is 1. The van der Waals surface area contributed by atoms with Gasteiger partial charge in [0.1, 0.15) is 0 Å². The fourth-order valence-electron chi connectivity index (χ4n) is 0.919. The van der Waals surface area contributed by atoms with Crippen LogP contribution in [-0.4, -0.2) is 29.8 Å². The highest BCUT2D eigenvalue weighted by atomic mass is 16.7. The van der Waals surface area contributed by atoms with Crippen molar-refractivity contribution in [3.8, 4) is 0 Å². The summed E-state index contributed by atoms with van der Waals surface area (Å²) in [6, 6.07) is 0. The highest BCUT2D eigenvalue weighted by molar-refractivity contribution is 5.85. The third-order valence-corrected chi connectivity index (χ3v) is 1.57. The summed E-state index contributed by atoms with van der Waals surface area (Å²) in [7, 11) is 1.71. The van der Waals surface area contributed by atoms with Crippen molar-refractivity contribution in [2.75, 3.05) is 13.6 Å². The molecule has 0 amide bonds. The zero-order valence-electron chi connectivity index (χ0n) is 7.03. The topological polar surface area (TPSA) is 101 Å². The van der Waals surface area contributed by atoms with E-state index in [1.165, 1.54) is 0 Å². The van der Waals surface area contributed by atoms with Gasteiger partial charge in [-0.15, -0.1) is 0 Å². The Kier molecular flexibility index (Phi) is 2.80. The van der Waals surface area contributed by atoms with Gasteiger partial charge in [-0.25, -0.2) is 4.79 Å². The van der Waals surface area contributed by atoms with Crippen molar-refractivity contribution in [1.29, 1.82) is 0 Å². The Balaban J connectivity index is 2.95. The molecule has 0 atom stereocenters. The van der Waals surface area contributed by atoms with E-state index in [9.17, 15) is 9.70 Å². The summed E-state index contributed by atoms with van der Waals surface area (Å²) in [4.78, 5) is 21.4. The summed E-state index contributed by atoms with van der Waals surface area (Å²) in [6.07, 6.45) is 0.300. The van der Waals surface area contributed by atoms with E-state index in [-0.39, 0.29) is 16.0 Å². The number of nitrogens with zero attached hydrogens (tertiary/aromatic N) is 1. The van der Waals surface area contributed by atoms with Crippen molar-refractivity contribution >= 4 is 5.97 Å². The van der Waals surface area contributed by atoms with Crippen molar-refractivity contribution in [3.63, 3.8) is 0 Å². The maximum atomic E-state index is 10.9. The van der Waals surface area contributed by atoms with E-state index in [4.69, 9.17) is 5.11 Å². The zero-order chi connectivity index (χ0) is 9.84. The van der Waals surface area contributed by atoms with Crippen LogP contribution in [-0.2, 0) is 6.42 Å². The van der Waals surface area contributed by atoms with Crippen LogP contribution >= 0.6 is 0 Å². The van der Waals surface area contributed by atoms with Crippen LogP contribution in [0.3, 0.4) is 0 Å². The summed E-state index contributed by atoms with van der Waals surface area (Å²) >= 11 is 0. The Morgan fingerprint density at radius 2 is 2.46 bits per heavy atom. The standard InChI is InChI=1S/C6H9N3O4/c1-7-3-2-4-5(6(10)11)8-13-9(4)12/h7H,2-3H2,1H3,(H-,8,10,11,12)/p+1. The molecule has 1 rings (SSSR count). The average molecular weight is 188 g/mol. The molecule has 0 radical (unpaired) electrons. The van der Waals surface area contributed by atoms with Crippen LogP contribution in [0.25, 0.3) is 0 Å². The number of aromatic nitrogens is 2. The first-order chi connectivity index (χ1) is 6.16. The Labute approximate surface area is 72.9 Å². The van der Waals surface area contributed by atoms with E-state index in [1.807, 2.05) is 5.16 Å². The Hall–Kier alpha value is -1.63. The Bertz CT molecular complexity index is 353. The highest BCUT2D eigenvalue weighted by Gasteiger charge is 2.25. The highest BCUT2D eigenvalue weighted by Crippen LogP contribution is 1.99. The van der Waals surface area contributed by atoms with Crippen molar-refractivity contribution in [1.82, 2.24) is 10.5 Å². The molecule has 0 aliphatic rings. The molecule has 13 heavy (non-hydrogen) atoms. The summed E-state index contributed by atoms with van der Waals surface area (Å²) in [6.45, 7) is 0.510. The second-order valence-corrected chi connectivity index (χ2v) is 2.43. The minimum atomic E-state index is -1.20. The third kappa shape index (κ3) is 1.94. The van der Waals surface area contributed by atoms with E-state index < -0.39 is 5.97 Å². The Morgan fingerprint density at radius 1 is 1.77 bits per heavy atom. The zero-order valence-corrected chi connectivity index (χ0v) is 7.03. The monoisotopic (exact) mass is 188 g/mol. The number of nitrogens with one attached hydrogen (secondary N) is 2. The first-order valence-electron chi connectivity index (χ1n) is 3.68. The van der Waals surface area contributed by atoms with Gasteiger partial charge >= 0.3 is 5.97 Å². The number of carbonyl (C=O) groups is 1. The van der Waals surface area contributed by atoms with Gasteiger partial charge in [0, 0.05) is 13.0 Å². The number of aromatic amines is 1. The van der Waals surface area contributed by atoms with Gasteiger partial charge in [-0.1, -0.05) is 9.79 Å². The molecule has 1 heterocycles. The number of carboxylic acid groups (broad SMARTS) is 1. The van der Waals surface area contributed by atoms with Gasteiger partial charge in [-0.2, -0.15) is 0 Å². The molecule has 0 unspecified atom stereocenters. The molecule has 1 aromatic heterocycles. The second kappa shape index (κ2) is 3.85. The van der Waals surface area contributed by atoms with Crippen LogP contribution in [0.15, 0.2) is 4.63 Å². The molecular formula is C6H10N3O4+. The smallest absolute Gasteiger partial charge is 0.384 e. The van der Waals surface area contributed by atoms with Gasteiger partial charge in [0.2, 0.25) is 0 Å². The average Bonchev–Trinajstić information content (AvgIpc) is 2.43. The predicted octanol–water partition coefficient (Wildman–Crippen LogP) is -1.02. The van der Waals surface area contributed by atoms with Crippen LogP contribution in [0, 0.1) is 4.91 Å². The molecule has 0 aliphatic heterocycles. The van der Waals surface area contributed by atoms with Gasteiger partial charge in [-0.3, -0.25) is 0 Å². The quantitative estimate of drug-likeness (QED) is 0.561. The molecule has 72 valence electrons. The van der Waals surface area contributed by atoms with Gasteiger partial charge < -0.3 is 10.4 Å². The first-order valence-corrected chi connectivity index (χ1v) is 3.68. The van der Waals surface area contributed by atoms with Gasteiger partial charge in [0.25, 0.3) is 11.4 Å². The van der Waals surface area contributed by atoms with E-state index in [0.717, 1.165) is 0 Å². The summed E-state index contributed by atoms with van der Waals surface area (Å²) in [5, 5.41) is 13.4. The number of rotatable bonds is 4. The SMILES string of the molecule is CNCCc1c(C(=O)O)[nH]o[n+]1=O. The molecule has 7 nitrogen and oxygen atoms in total. The number of carboxylic acids is 1. The third-order valence-electron chi connectivity index (χ3n) is 1.57. The number of hydrogen-bond donors (Lipinski definition) is 3. The molecule has 0 aromatic carbocycles. The molecule has 1 aromatic rings. The fraction of sp³-hybridized carbons (Fsp3) is 0.500. The lowest BCUT2D eigenvalue weighted by atomic mass is 10.2. The van der Waals surface area contributed by atoms with Crippen molar-refractivity contribution in [3.05, 3.63) is 16.3 Å². The molecule has 3 N–H and O–H groups in total.